The average Bonchev–Trinajstić information content (AvgIpc) is 2.84. The molecule has 2 N–H and O–H groups in total. The van der Waals surface area contributed by atoms with Gasteiger partial charge in [0.25, 0.3) is 0 Å². The molecule has 0 aliphatic carbocycles. The van der Waals surface area contributed by atoms with Crippen LogP contribution in [0.15, 0.2) is 6.07 Å². The lowest BCUT2D eigenvalue weighted by molar-refractivity contribution is -0.122. The van der Waals surface area contributed by atoms with Crippen LogP contribution in [0.25, 0.3) is 0 Å². The zero-order valence-electron chi connectivity index (χ0n) is 9.80. The third-order valence-corrected chi connectivity index (χ3v) is 3.98. The van der Waals surface area contributed by atoms with Gasteiger partial charge in [-0.05, 0) is 44.9 Å². The lowest BCUT2D eigenvalue weighted by Crippen LogP contribution is -2.40. The summed E-state index contributed by atoms with van der Waals surface area (Å²) < 4.78 is 0. The van der Waals surface area contributed by atoms with Crippen LogP contribution >= 0.6 is 11.3 Å². The number of carbonyl (C=O) groups is 1. The van der Waals surface area contributed by atoms with E-state index in [4.69, 9.17) is 0 Å². The Balaban J connectivity index is 1.87. The minimum Gasteiger partial charge on any atom is -0.351 e. The minimum atomic E-state index is 0.0278. The molecule has 0 radical (unpaired) electrons. The van der Waals surface area contributed by atoms with E-state index in [0.717, 1.165) is 19.4 Å². The molecule has 0 bridgehead atoms. The van der Waals surface area contributed by atoms with Crippen molar-refractivity contribution in [2.75, 3.05) is 6.54 Å². The summed E-state index contributed by atoms with van der Waals surface area (Å²) in [6.07, 6.45) is 2.07. The molecule has 88 valence electrons. The second-order valence-electron chi connectivity index (χ2n) is 4.31. The van der Waals surface area contributed by atoms with Crippen molar-refractivity contribution >= 4 is 17.2 Å². The molecule has 1 aromatic heterocycles. The first kappa shape index (κ1) is 11.6. The van der Waals surface area contributed by atoms with Gasteiger partial charge in [-0.3, -0.25) is 4.79 Å². The van der Waals surface area contributed by atoms with Crippen LogP contribution in [0.4, 0.5) is 0 Å². The first-order chi connectivity index (χ1) is 7.66. The van der Waals surface area contributed by atoms with E-state index in [1.54, 1.807) is 11.3 Å². The van der Waals surface area contributed by atoms with E-state index in [-0.39, 0.29) is 11.9 Å². The normalized spacial score (nSPS) is 20.0. The highest BCUT2D eigenvalue weighted by molar-refractivity contribution is 7.12. The topological polar surface area (TPSA) is 41.1 Å². The van der Waals surface area contributed by atoms with Crippen molar-refractivity contribution in [2.45, 2.75) is 39.3 Å². The summed E-state index contributed by atoms with van der Waals surface area (Å²) in [6, 6.07) is 2.18. The highest BCUT2D eigenvalue weighted by atomic mass is 32.1. The Hall–Kier alpha value is -0.870. The molecule has 0 saturated carbocycles. The van der Waals surface area contributed by atoms with Gasteiger partial charge in [-0.1, -0.05) is 0 Å². The highest BCUT2D eigenvalue weighted by Gasteiger charge is 2.21. The van der Waals surface area contributed by atoms with Crippen LogP contribution in [0.1, 0.15) is 28.2 Å². The Morgan fingerprint density at radius 3 is 3.00 bits per heavy atom. The smallest absolute Gasteiger partial charge is 0.237 e. The molecule has 1 saturated heterocycles. The number of aryl methyl sites for hydroxylation is 2. The van der Waals surface area contributed by atoms with Gasteiger partial charge in [-0.25, -0.2) is 0 Å². The Bertz CT molecular complexity index is 380. The predicted molar refractivity (Wildman–Crippen MR) is 66.7 cm³/mol. The lowest BCUT2D eigenvalue weighted by Gasteiger charge is -2.10. The molecule has 1 aliphatic rings. The Kier molecular flexibility index (Phi) is 3.61. The second kappa shape index (κ2) is 4.97. The van der Waals surface area contributed by atoms with Gasteiger partial charge in [0.05, 0.1) is 6.04 Å². The number of rotatable bonds is 3. The average molecular weight is 238 g/mol. The zero-order chi connectivity index (χ0) is 11.5. The van der Waals surface area contributed by atoms with E-state index in [1.807, 2.05) is 0 Å². The van der Waals surface area contributed by atoms with E-state index in [2.05, 4.69) is 30.5 Å². The maximum atomic E-state index is 11.8. The van der Waals surface area contributed by atoms with Gasteiger partial charge in [0.1, 0.15) is 0 Å². The van der Waals surface area contributed by atoms with Crippen LogP contribution in [0.3, 0.4) is 0 Å². The van der Waals surface area contributed by atoms with Gasteiger partial charge < -0.3 is 10.6 Å². The van der Waals surface area contributed by atoms with Crippen molar-refractivity contribution in [3.8, 4) is 0 Å². The molecular formula is C12H18N2OS. The summed E-state index contributed by atoms with van der Waals surface area (Å²) in [5.74, 6) is 0.140. The third kappa shape index (κ3) is 2.62. The van der Waals surface area contributed by atoms with E-state index >= 15 is 0 Å². The molecule has 1 fully saturated rings. The van der Waals surface area contributed by atoms with Crippen molar-refractivity contribution in [1.82, 2.24) is 10.6 Å². The molecule has 1 aromatic rings. The van der Waals surface area contributed by atoms with Crippen LogP contribution in [0.5, 0.6) is 0 Å². The Morgan fingerprint density at radius 2 is 2.44 bits per heavy atom. The molecule has 1 atom stereocenters. The van der Waals surface area contributed by atoms with Gasteiger partial charge in [-0.2, -0.15) is 0 Å². The maximum absolute atomic E-state index is 11.8. The van der Waals surface area contributed by atoms with Gasteiger partial charge in [-0.15, -0.1) is 11.3 Å². The van der Waals surface area contributed by atoms with E-state index in [1.165, 1.54) is 15.3 Å². The molecule has 0 spiro atoms. The van der Waals surface area contributed by atoms with Gasteiger partial charge >= 0.3 is 0 Å². The van der Waals surface area contributed by atoms with Gasteiger partial charge in [0, 0.05) is 16.3 Å². The molecule has 16 heavy (non-hydrogen) atoms. The molecule has 1 aliphatic heterocycles. The van der Waals surface area contributed by atoms with Crippen LogP contribution in [-0.4, -0.2) is 18.5 Å². The van der Waals surface area contributed by atoms with Crippen molar-refractivity contribution < 1.29 is 4.79 Å². The van der Waals surface area contributed by atoms with Crippen LogP contribution in [0.2, 0.25) is 0 Å². The van der Waals surface area contributed by atoms with Crippen molar-refractivity contribution in [3.63, 3.8) is 0 Å². The quantitative estimate of drug-likeness (QED) is 0.842. The number of amides is 1. The van der Waals surface area contributed by atoms with Crippen molar-refractivity contribution in [2.24, 2.45) is 0 Å². The SMILES string of the molecule is Cc1cc(CNC(=O)[C@H]2CCCN2)c(C)s1. The number of hydrogen-bond acceptors (Lipinski definition) is 3. The number of thiophene rings is 1. The number of carbonyl (C=O) groups excluding carboxylic acids is 1. The maximum Gasteiger partial charge on any atom is 0.237 e. The lowest BCUT2D eigenvalue weighted by atomic mass is 10.2. The van der Waals surface area contributed by atoms with Crippen LogP contribution in [-0.2, 0) is 11.3 Å². The Morgan fingerprint density at radius 1 is 1.62 bits per heavy atom. The summed E-state index contributed by atoms with van der Waals surface area (Å²) in [4.78, 5) is 14.4. The largest absolute Gasteiger partial charge is 0.351 e. The third-order valence-electron chi connectivity index (χ3n) is 2.97. The number of nitrogens with one attached hydrogen (secondary N) is 2. The summed E-state index contributed by atoms with van der Waals surface area (Å²) in [7, 11) is 0. The van der Waals surface area contributed by atoms with E-state index < -0.39 is 0 Å². The minimum absolute atomic E-state index is 0.0278. The summed E-state index contributed by atoms with van der Waals surface area (Å²) in [5.41, 5.74) is 1.24. The van der Waals surface area contributed by atoms with Crippen LogP contribution in [0, 0.1) is 13.8 Å². The molecular weight excluding hydrogens is 220 g/mol. The fourth-order valence-corrected chi connectivity index (χ4v) is 3.02. The van der Waals surface area contributed by atoms with Crippen molar-refractivity contribution in [3.05, 3.63) is 21.4 Å². The molecule has 1 amide bonds. The second-order valence-corrected chi connectivity index (χ2v) is 5.77. The van der Waals surface area contributed by atoms with Crippen molar-refractivity contribution in [1.29, 1.82) is 0 Å². The fraction of sp³-hybridized carbons (Fsp3) is 0.583. The molecule has 2 heterocycles. The first-order valence-electron chi connectivity index (χ1n) is 5.74. The number of hydrogen-bond donors (Lipinski definition) is 2. The first-order valence-corrected chi connectivity index (χ1v) is 6.55. The predicted octanol–water partition coefficient (Wildman–Crippen LogP) is 1.73. The summed E-state index contributed by atoms with van der Waals surface area (Å²) in [5, 5.41) is 6.20. The molecule has 4 heteroatoms. The fourth-order valence-electron chi connectivity index (χ4n) is 2.07. The van der Waals surface area contributed by atoms with E-state index in [9.17, 15) is 4.79 Å². The molecule has 3 nitrogen and oxygen atoms in total. The van der Waals surface area contributed by atoms with E-state index in [0.29, 0.717) is 6.54 Å². The van der Waals surface area contributed by atoms with Crippen LogP contribution < -0.4 is 10.6 Å². The van der Waals surface area contributed by atoms with Gasteiger partial charge in [0.2, 0.25) is 5.91 Å². The monoisotopic (exact) mass is 238 g/mol. The molecule has 2 rings (SSSR count). The highest BCUT2D eigenvalue weighted by Crippen LogP contribution is 2.20. The molecule has 0 unspecified atom stereocenters. The van der Waals surface area contributed by atoms with Gasteiger partial charge in [0.15, 0.2) is 0 Å². The standard InChI is InChI=1S/C12H18N2OS/c1-8-6-10(9(2)16-8)7-14-12(15)11-4-3-5-13-11/h6,11,13H,3-5,7H2,1-2H3,(H,14,15)/t11-/m1/s1. The summed E-state index contributed by atoms with van der Waals surface area (Å²) >= 11 is 1.79. The zero-order valence-corrected chi connectivity index (χ0v) is 10.6. The Labute approximate surface area is 100 Å². The summed E-state index contributed by atoms with van der Waals surface area (Å²) in [6.45, 7) is 5.83. The molecule has 0 aromatic carbocycles.